The summed E-state index contributed by atoms with van der Waals surface area (Å²) in [5.74, 6) is 0.621. The monoisotopic (exact) mass is 262 g/mol. The highest BCUT2D eigenvalue weighted by Gasteiger charge is 2.14. The van der Waals surface area contributed by atoms with Crippen LogP contribution in [0.1, 0.15) is 25.7 Å². The molecule has 17 heavy (non-hydrogen) atoms. The molecule has 0 aromatic carbocycles. The summed E-state index contributed by atoms with van der Waals surface area (Å²) in [5.41, 5.74) is 0. The van der Waals surface area contributed by atoms with E-state index in [2.05, 4.69) is 10.6 Å². The van der Waals surface area contributed by atoms with E-state index in [-0.39, 0.29) is 18.2 Å². The van der Waals surface area contributed by atoms with Crippen LogP contribution in [0, 0.1) is 5.92 Å². The molecular weight excluding hydrogens is 240 g/mol. The van der Waals surface area contributed by atoms with Gasteiger partial charge in [0.25, 0.3) is 0 Å². The predicted molar refractivity (Wildman–Crippen MR) is 67.5 cm³/mol. The fraction of sp³-hybridized carbons (Fsp3) is 0.909. The van der Waals surface area contributed by atoms with Crippen LogP contribution in [0.2, 0.25) is 0 Å². The Morgan fingerprint density at radius 3 is 2.59 bits per heavy atom. The SMILES string of the molecule is CS(=O)(=O)CCNC(=O)CCC1CCNCC1. The number of amides is 1. The van der Waals surface area contributed by atoms with Gasteiger partial charge in [0.15, 0.2) is 0 Å². The van der Waals surface area contributed by atoms with E-state index in [1.807, 2.05) is 0 Å². The van der Waals surface area contributed by atoms with Crippen molar-refractivity contribution < 1.29 is 13.2 Å². The fourth-order valence-electron chi connectivity index (χ4n) is 1.97. The first-order valence-electron chi connectivity index (χ1n) is 6.12. The molecule has 0 saturated carbocycles. The van der Waals surface area contributed by atoms with E-state index in [9.17, 15) is 13.2 Å². The molecule has 0 radical (unpaired) electrons. The predicted octanol–water partition coefficient (Wildman–Crippen LogP) is -0.0730. The molecule has 2 N–H and O–H groups in total. The molecule has 0 aromatic rings. The molecule has 1 rings (SSSR count). The molecule has 1 saturated heterocycles. The lowest BCUT2D eigenvalue weighted by Gasteiger charge is -2.22. The molecule has 1 heterocycles. The minimum atomic E-state index is -2.98. The van der Waals surface area contributed by atoms with E-state index < -0.39 is 9.84 Å². The molecule has 5 nitrogen and oxygen atoms in total. The third-order valence-electron chi connectivity index (χ3n) is 3.03. The first-order chi connectivity index (χ1) is 7.97. The molecule has 0 bridgehead atoms. The van der Waals surface area contributed by atoms with Gasteiger partial charge in [-0.3, -0.25) is 4.79 Å². The van der Waals surface area contributed by atoms with E-state index in [0.29, 0.717) is 12.3 Å². The number of nitrogens with one attached hydrogen (secondary N) is 2. The Balaban J connectivity index is 2.08. The highest BCUT2D eigenvalue weighted by atomic mass is 32.2. The Morgan fingerprint density at radius 1 is 1.35 bits per heavy atom. The van der Waals surface area contributed by atoms with Gasteiger partial charge in [-0.25, -0.2) is 8.42 Å². The van der Waals surface area contributed by atoms with Crippen LogP contribution in [0.15, 0.2) is 0 Å². The van der Waals surface area contributed by atoms with Crippen LogP contribution in [0.3, 0.4) is 0 Å². The Hall–Kier alpha value is -0.620. The van der Waals surface area contributed by atoms with Crippen molar-refractivity contribution in [3.05, 3.63) is 0 Å². The maximum atomic E-state index is 11.4. The van der Waals surface area contributed by atoms with E-state index in [1.165, 1.54) is 6.26 Å². The average Bonchev–Trinajstić information content (AvgIpc) is 2.26. The zero-order valence-corrected chi connectivity index (χ0v) is 11.2. The Bertz CT molecular complexity index is 335. The second-order valence-corrected chi connectivity index (χ2v) is 6.97. The Morgan fingerprint density at radius 2 is 2.00 bits per heavy atom. The lowest BCUT2D eigenvalue weighted by molar-refractivity contribution is -0.121. The van der Waals surface area contributed by atoms with Crippen molar-refractivity contribution in [3.8, 4) is 0 Å². The summed E-state index contributed by atoms with van der Waals surface area (Å²) < 4.78 is 21.7. The van der Waals surface area contributed by atoms with Gasteiger partial charge >= 0.3 is 0 Å². The summed E-state index contributed by atoms with van der Waals surface area (Å²) in [7, 11) is -2.98. The topological polar surface area (TPSA) is 75.3 Å². The zero-order chi connectivity index (χ0) is 12.7. The van der Waals surface area contributed by atoms with E-state index >= 15 is 0 Å². The average molecular weight is 262 g/mol. The van der Waals surface area contributed by atoms with Gasteiger partial charge in [0.1, 0.15) is 9.84 Å². The van der Waals surface area contributed by atoms with Crippen molar-refractivity contribution in [1.82, 2.24) is 10.6 Å². The van der Waals surface area contributed by atoms with Crippen LogP contribution in [-0.4, -0.2) is 46.0 Å². The van der Waals surface area contributed by atoms with Crippen LogP contribution in [0.5, 0.6) is 0 Å². The van der Waals surface area contributed by atoms with Gasteiger partial charge in [-0.1, -0.05) is 0 Å². The standard InChI is InChI=1S/C11H22N2O3S/c1-17(15,16)9-8-13-11(14)3-2-10-4-6-12-7-5-10/h10,12H,2-9H2,1H3,(H,13,14). The third-order valence-corrected chi connectivity index (χ3v) is 3.98. The molecule has 1 aliphatic rings. The van der Waals surface area contributed by atoms with E-state index in [4.69, 9.17) is 0 Å². The number of piperidine rings is 1. The second kappa shape index (κ2) is 6.96. The zero-order valence-electron chi connectivity index (χ0n) is 10.4. The number of sulfone groups is 1. The summed E-state index contributed by atoms with van der Waals surface area (Å²) >= 11 is 0. The van der Waals surface area contributed by atoms with Gasteiger partial charge in [0.2, 0.25) is 5.91 Å². The Kier molecular flexibility index (Phi) is 5.91. The minimum absolute atomic E-state index is 0.0199. The summed E-state index contributed by atoms with van der Waals surface area (Å²) in [4.78, 5) is 11.4. The van der Waals surface area contributed by atoms with Gasteiger partial charge in [-0.05, 0) is 38.3 Å². The molecular formula is C11H22N2O3S. The van der Waals surface area contributed by atoms with E-state index in [0.717, 1.165) is 32.4 Å². The molecule has 0 aromatic heterocycles. The van der Waals surface area contributed by atoms with Crippen LogP contribution < -0.4 is 10.6 Å². The molecule has 0 unspecified atom stereocenters. The smallest absolute Gasteiger partial charge is 0.220 e. The van der Waals surface area contributed by atoms with Gasteiger partial charge in [-0.15, -0.1) is 0 Å². The highest BCUT2D eigenvalue weighted by Crippen LogP contribution is 2.17. The number of carbonyl (C=O) groups is 1. The first kappa shape index (κ1) is 14.4. The van der Waals surface area contributed by atoms with Crippen LogP contribution in [0.4, 0.5) is 0 Å². The molecule has 0 aliphatic carbocycles. The minimum Gasteiger partial charge on any atom is -0.355 e. The lowest BCUT2D eigenvalue weighted by Crippen LogP contribution is -2.31. The van der Waals surface area contributed by atoms with Crippen molar-refractivity contribution >= 4 is 15.7 Å². The molecule has 1 fully saturated rings. The summed E-state index contributed by atoms with van der Waals surface area (Å²) in [6, 6.07) is 0. The van der Waals surface area contributed by atoms with E-state index in [1.54, 1.807) is 0 Å². The van der Waals surface area contributed by atoms with Crippen molar-refractivity contribution in [1.29, 1.82) is 0 Å². The molecule has 1 aliphatic heterocycles. The van der Waals surface area contributed by atoms with Crippen molar-refractivity contribution in [2.45, 2.75) is 25.7 Å². The number of hydrogen-bond donors (Lipinski definition) is 2. The van der Waals surface area contributed by atoms with Gasteiger partial charge in [0.05, 0.1) is 5.75 Å². The normalized spacial score (nSPS) is 17.9. The van der Waals surface area contributed by atoms with Gasteiger partial charge < -0.3 is 10.6 Å². The number of rotatable bonds is 6. The highest BCUT2D eigenvalue weighted by molar-refractivity contribution is 7.90. The van der Waals surface area contributed by atoms with Gasteiger partial charge in [-0.2, -0.15) is 0 Å². The maximum Gasteiger partial charge on any atom is 0.220 e. The quantitative estimate of drug-likeness (QED) is 0.702. The molecule has 6 heteroatoms. The van der Waals surface area contributed by atoms with Crippen molar-refractivity contribution in [3.63, 3.8) is 0 Å². The van der Waals surface area contributed by atoms with Crippen molar-refractivity contribution in [2.75, 3.05) is 31.6 Å². The summed E-state index contributed by atoms with van der Waals surface area (Å²) in [5, 5.41) is 5.93. The molecule has 100 valence electrons. The first-order valence-corrected chi connectivity index (χ1v) is 8.18. The maximum absolute atomic E-state index is 11.4. The number of hydrogen-bond acceptors (Lipinski definition) is 4. The lowest BCUT2D eigenvalue weighted by atomic mass is 9.93. The molecule has 1 amide bonds. The molecule has 0 atom stereocenters. The summed E-state index contributed by atoms with van der Waals surface area (Å²) in [6.07, 6.45) is 4.86. The fourth-order valence-corrected chi connectivity index (χ4v) is 2.44. The van der Waals surface area contributed by atoms with Crippen LogP contribution in [0.25, 0.3) is 0 Å². The molecule has 0 spiro atoms. The number of carbonyl (C=O) groups excluding carboxylic acids is 1. The van der Waals surface area contributed by atoms with Crippen molar-refractivity contribution in [2.24, 2.45) is 5.92 Å². The largest absolute Gasteiger partial charge is 0.355 e. The summed E-state index contributed by atoms with van der Waals surface area (Å²) in [6.45, 7) is 2.31. The Labute approximate surface area is 103 Å². The second-order valence-electron chi connectivity index (χ2n) is 4.71. The van der Waals surface area contributed by atoms with Crippen LogP contribution in [-0.2, 0) is 14.6 Å². The third kappa shape index (κ3) is 7.33. The van der Waals surface area contributed by atoms with Gasteiger partial charge in [0, 0.05) is 19.2 Å². The van der Waals surface area contributed by atoms with Crippen LogP contribution >= 0.6 is 0 Å².